The van der Waals surface area contributed by atoms with Crippen molar-refractivity contribution in [3.05, 3.63) is 41.3 Å². The molecule has 0 saturated carbocycles. The van der Waals surface area contributed by atoms with E-state index in [1.54, 1.807) is 12.0 Å². The fraction of sp³-hybridized carbons (Fsp3) is 0.444. The molecular weight excluding hydrogens is 278 g/mol. The molecule has 2 nitrogen and oxygen atoms in total. The average molecular weight is 299 g/mol. The van der Waals surface area contributed by atoms with Crippen LogP contribution in [0.5, 0.6) is 5.75 Å². The molecule has 2 bridgehead atoms. The molecule has 5 rings (SSSR count). The SMILES string of the molecule is COc1ccc(-c2ccc(C3CN4CCC3CC4)s2)cc1. The van der Waals surface area contributed by atoms with Gasteiger partial charge in [0.15, 0.2) is 0 Å². The summed E-state index contributed by atoms with van der Waals surface area (Å²) in [6.45, 7) is 3.91. The van der Waals surface area contributed by atoms with Gasteiger partial charge in [-0.15, -0.1) is 11.3 Å². The lowest BCUT2D eigenvalue weighted by molar-refractivity contribution is 0.0885. The molecule has 0 spiro atoms. The summed E-state index contributed by atoms with van der Waals surface area (Å²) in [6.07, 6.45) is 2.78. The molecule has 1 aromatic carbocycles. The van der Waals surface area contributed by atoms with E-state index in [0.717, 1.165) is 17.6 Å². The molecule has 0 radical (unpaired) electrons. The van der Waals surface area contributed by atoms with E-state index in [9.17, 15) is 0 Å². The van der Waals surface area contributed by atoms with Crippen LogP contribution < -0.4 is 4.74 Å². The summed E-state index contributed by atoms with van der Waals surface area (Å²) in [5.74, 6) is 2.61. The third-order valence-corrected chi connectivity index (χ3v) is 6.29. The van der Waals surface area contributed by atoms with E-state index >= 15 is 0 Å². The van der Waals surface area contributed by atoms with E-state index < -0.39 is 0 Å². The minimum Gasteiger partial charge on any atom is -0.497 e. The first-order valence-electron chi connectivity index (χ1n) is 7.80. The molecule has 1 unspecified atom stereocenters. The van der Waals surface area contributed by atoms with Crippen molar-refractivity contribution in [2.45, 2.75) is 18.8 Å². The fourth-order valence-corrected chi connectivity index (χ4v) is 4.95. The second kappa shape index (κ2) is 5.47. The van der Waals surface area contributed by atoms with Crippen LogP contribution in [0.25, 0.3) is 10.4 Å². The Labute approximate surface area is 130 Å². The summed E-state index contributed by atoms with van der Waals surface area (Å²) < 4.78 is 5.24. The van der Waals surface area contributed by atoms with Gasteiger partial charge in [-0.05, 0) is 73.8 Å². The molecule has 0 N–H and O–H groups in total. The van der Waals surface area contributed by atoms with Crippen LogP contribution in [-0.2, 0) is 0 Å². The molecule has 1 aromatic heterocycles. The van der Waals surface area contributed by atoms with Crippen molar-refractivity contribution in [2.24, 2.45) is 5.92 Å². The molecular formula is C18H21NOS. The van der Waals surface area contributed by atoms with Gasteiger partial charge in [0.2, 0.25) is 0 Å². The van der Waals surface area contributed by atoms with Crippen LogP contribution >= 0.6 is 11.3 Å². The predicted molar refractivity (Wildman–Crippen MR) is 88.2 cm³/mol. The van der Waals surface area contributed by atoms with Gasteiger partial charge in [0, 0.05) is 22.2 Å². The Kier molecular flexibility index (Phi) is 3.48. The summed E-state index contributed by atoms with van der Waals surface area (Å²) in [5.41, 5.74) is 1.30. The van der Waals surface area contributed by atoms with Gasteiger partial charge in [0.1, 0.15) is 5.75 Å². The number of benzene rings is 1. The maximum atomic E-state index is 5.24. The number of piperidine rings is 3. The summed E-state index contributed by atoms with van der Waals surface area (Å²) >= 11 is 1.98. The molecule has 110 valence electrons. The van der Waals surface area contributed by atoms with Crippen LogP contribution in [0, 0.1) is 5.92 Å². The van der Waals surface area contributed by atoms with Crippen LogP contribution in [0.2, 0.25) is 0 Å². The van der Waals surface area contributed by atoms with Gasteiger partial charge in [-0.1, -0.05) is 0 Å². The van der Waals surface area contributed by atoms with Crippen molar-refractivity contribution in [1.29, 1.82) is 0 Å². The van der Waals surface area contributed by atoms with Gasteiger partial charge in [-0.2, -0.15) is 0 Å². The van der Waals surface area contributed by atoms with E-state index in [4.69, 9.17) is 4.74 Å². The lowest BCUT2D eigenvalue weighted by atomic mass is 9.78. The molecule has 2 aromatic rings. The van der Waals surface area contributed by atoms with Crippen LogP contribution in [0.1, 0.15) is 23.6 Å². The Morgan fingerprint density at radius 1 is 1.05 bits per heavy atom. The Morgan fingerprint density at radius 3 is 2.43 bits per heavy atom. The zero-order valence-electron chi connectivity index (χ0n) is 12.4. The first-order chi connectivity index (χ1) is 10.3. The minimum atomic E-state index is 0.768. The van der Waals surface area contributed by atoms with E-state index in [1.165, 1.54) is 42.9 Å². The second-order valence-electron chi connectivity index (χ2n) is 6.18. The van der Waals surface area contributed by atoms with Crippen molar-refractivity contribution >= 4 is 11.3 Å². The monoisotopic (exact) mass is 299 g/mol. The number of methoxy groups -OCH3 is 1. The topological polar surface area (TPSA) is 12.5 Å². The Balaban J connectivity index is 1.57. The van der Waals surface area contributed by atoms with Crippen molar-refractivity contribution in [3.8, 4) is 16.2 Å². The third-order valence-electron chi connectivity index (χ3n) is 5.02. The first kappa shape index (κ1) is 13.4. The van der Waals surface area contributed by atoms with E-state index in [-0.39, 0.29) is 0 Å². The van der Waals surface area contributed by atoms with Crippen LogP contribution in [0.15, 0.2) is 36.4 Å². The molecule has 3 fully saturated rings. The molecule has 0 amide bonds. The molecule has 0 aliphatic carbocycles. The van der Waals surface area contributed by atoms with Crippen molar-refractivity contribution < 1.29 is 4.74 Å². The standard InChI is InChI=1S/C18H21NOS/c1-20-15-4-2-14(3-5-15)17-6-7-18(21-17)16-12-19-10-8-13(16)9-11-19/h2-7,13,16H,8-12H2,1H3. The van der Waals surface area contributed by atoms with Crippen LogP contribution in [0.4, 0.5) is 0 Å². The van der Waals surface area contributed by atoms with Gasteiger partial charge in [-0.25, -0.2) is 0 Å². The fourth-order valence-electron chi connectivity index (χ4n) is 3.75. The summed E-state index contributed by atoms with van der Waals surface area (Å²) in [7, 11) is 1.71. The smallest absolute Gasteiger partial charge is 0.118 e. The van der Waals surface area contributed by atoms with Crippen molar-refractivity contribution in [2.75, 3.05) is 26.7 Å². The highest BCUT2D eigenvalue weighted by Crippen LogP contribution is 2.43. The Hall–Kier alpha value is -1.32. The zero-order chi connectivity index (χ0) is 14.2. The summed E-state index contributed by atoms with van der Waals surface area (Å²) in [6, 6.07) is 13.1. The van der Waals surface area contributed by atoms with Gasteiger partial charge in [0.05, 0.1) is 7.11 Å². The summed E-state index contributed by atoms with van der Waals surface area (Å²) in [4.78, 5) is 5.59. The summed E-state index contributed by atoms with van der Waals surface area (Å²) in [5, 5.41) is 0. The highest BCUT2D eigenvalue weighted by molar-refractivity contribution is 7.15. The van der Waals surface area contributed by atoms with Crippen LogP contribution in [0.3, 0.4) is 0 Å². The highest BCUT2D eigenvalue weighted by Gasteiger charge is 2.35. The number of fused-ring (bicyclic) bond motifs is 3. The molecule has 21 heavy (non-hydrogen) atoms. The number of hydrogen-bond acceptors (Lipinski definition) is 3. The maximum Gasteiger partial charge on any atom is 0.118 e. The van der Waals surface area contributed by atoms with E-state index in [1.807, 2.05) is 23.5 Å². The third kappa shape index (κ3) is 2.49. The Bertz CT molecular complexity index is 610. The lowest BCUT2D eigenvalue weighted by Crippen LogP contribution is -2.45. The zero-order valence-corrected chi connectivity index (χ0v) is 13.2. The van der Waals surface area contributed by atoms with E-state index in [0.29, 0.717) is 0 Å². The highest BCUT2D eigenvalue weighted by atomic mass is 32.1. The number of thiophene rings is 1. The second-order valence-corrected chi connectivity index (χ2v) is 7.29. The molecule has 1 atom stereocenters. The molecule has 3 saturated heterocycles. The van der Waals surface area contributed by atoms with Crippen LogP contribution in [-0.4, -0.2) is 31.6 Å². The molecule has 3 aliphatic heterocycles. The molecule has 3 heteroatoms. The van der Waals surface area contributed by atoms with E-state index in [2.05, 4.69) is 29.2 Å². The molecule has 3 aliphatic rings. The van der Waals surface area contributed by atoms with Gasteiger partial charge >= 0.3 is 0 Å². The van der Waals surface area contributed by atoms with Crippen molar-refractivity contribution in [1.82, 2.24) is 4.90 Å². The number of ether oxygens (including phenoxy) is 1. The Morgan fingerprint density at radius 2 is 1.81 bits per heavy atom. The molecule has 4 heterocycles. The van der Waals surface area contributed by atoms with Gasteiger partial charge in [-0.3, -0.25) is 0 Å². The number of hydrogen-bond donors (Lipinski definition) is 0. The first-order valence-corrected chi connectivity index (χ1v) is 8.61. The lowest BCUT2D eigenvalue weighted by Gasteiger charge is -2.44. The predicted octanol–water partition coefficient (Wildman–Crippen LogP) is 4.23. The number of nitrogens with zero attached hydrogens (tertiary/aromatic N) is 1. The maximum absolute atomic E-state index is 5.24. The van der Waals surface area contributed by atoms with Gasteiger partial charge in [0.25, 0.3) is 0 Å². The minimum absolute atomic E-state index is 0.768. The number of rotatable bonds is 3. The largest absolute Gasteiger partial charge is 0.497 e. The average Bonchev–Trinajstić information content (AvgIpc) is 3.06. The van der Waals surface area contributed by atoms with Gasteiger partial charge < -0.3 is 9.64 Å². The quantitative estimate of drug-likeness (QED) is 0.841. The van der Waals surface area contributed by atoms with Crippen molar-refractivity contribution in [3.63, 3.8) is 0 Å². The normalized spacial score (nSPS) is 27.8.